The molecule has 0 saturated carbocycles. The van der Waals surface area contributed by atoms with Gasteiger partial charge in [0.1, 0.15) is 0 Å². The summed E-state index contributed by atoms with van der Waals surface area (Å²) in [4.78, 5) is 31.5. The van der Waals surface area contributed by atoms with Crippen molar-refractivity contribution in [2.24, 2.45) is 0 Å². The molecule has 6 nitrogen and oxygen atoms in total. The Morgan fingerprint density at radius 3 is 2.32 bits per heavy atom. The number of amides is 2. The summed E-state index contributed by atoms with van der Waals surface area (Å²) >= 11 is 1.45. The molecule has 1 fully saturated rings. The Balaban J connectivity index is 1.47. The summed E-state index contributed by atoms with van der Waals surface area (Å²) in [6, 6.07) is 13.9. The van der Waals surface area contributed by atoms with E-state index in [4.69, 9.17) is 0 Å². The largest absolute Gasteiger partial charge is 0.395 e. The van der Waals surface area contributed by atoms with Gasteiger partial charge in [0.15, 0.2) is 0 Å². The lowest BCUT2D eigenvalue weighted by atomic mass is 10.1. The lowest BCUT2D eigenvalue weighted by Crippen LogP contribution is -2.52. The SMILES string of the molecule is O=C(CN(CCO)CCc1ccccc1)N1CCN(C(=O)c2cccs2)CC1. The first-order chi connectivity index (χ1) is 13.7. The van der Waals surface area contributed by atoms with Crippen molar-refractivity contribution in [3.8, 4) is 0 Å². The number of hydrogen-bond acceptors (Lipinski definition) is 5. The number of carbonyl (C=O) groups is 2. The molecule has 0 bridgehead atoms. The molecule has 0 radical (unpaired) electrons. The Hall–Kier alpha value is -2.22. The number of aliphatic hydroxyl groups excluding tert-OH is 1. The van der Waals surface area contributed by atoms with Crippen molar-refractivity contribution in [2.45, 2.75) is 6.42 Å². The minimum absolute atomic E-state index is 0.0329. The molecule has 0 unspecified atom stereocenters. The van der Waals surface area contributed by atoms with E-state index in [-0.39, 0.29) is 18.4 Å². The van der Waals surface area contributed by atoms with Crippen molar-refractivity contribution in [3.05, 3.63) is 58.3 Å². The van der Waals surface area contributed by atoms with Crippen LogP contribution in [0.3, 0.4) is 0 Å². The van der Waals surface area contributed by atoms with Crippen molar-refractivity contribution in [2.75, 3.05) is 52.4 Å². The molecule has 28 heavy (non-hydrogen) atoms. The summed E-state index contributed by atoms with van der Waals surface area (Å²) in [6.45, 7) is 3.78. The fourth-order valence-corrected chi connectivity index (χ4v) is 4.04. The van der Waals surface area contributed by atoms with Crippen molar-refractivity contribution >= 4 is 23.2 Å². The number of piperazine rings is 1. The standard InChI is InChI=1S/C21H27N3O3S/c25-15-14-22(9-8-18-5-2-1-3-6-18)17-20(26)23-10-12-24(13-11-23)21(27)19-7-4-16-28-19/h1-7,16,25H,8-15,17H2. The third-order valence-corrected chi connectivity index (χ3v) is 5.84. The molecule has 0 aliphatic carbocycles. The fourth-order valence-electron chi connectivity index (χ4n) is 3.35. The zero-order valence-electron chi connectivity index (χ0n) is 16.0. The van der Waals surface area contributed by atoms with E-state index in [0.29, 0.717) is 39.3 Å². The first-order valence-corrected chi connectivity index (χ1v) is 10.5. The predicted octanol–water partition coefficient (Wildman–Crippen LogP) is 1.57. The first kappa shape index (κ1) is 20.5. The van der Waals surface area contributed by atoms with Gasteiger partial charge in [0.2, 0.25) is 5.91 Å². The zero-order chi connectivity index (χ0) is 19.8. The number of benzene rings is 1. The van der Waals surface area contributed by atoms with Gasteiger partial charge in [-0.25, -0.2) is 0 Å². The highest BCUT2D eigenvalue weighted by Gasteiger charge is 2.26. The van der Waals surface area contributed by atoms with Crippen LogP contribution in [0.15, 0.2) is 47.8 Å². The summed E-state index contributed by atoms with van der Waals surface area (Å²) in [5.74, 6) is 0.108. The Morgan fingerprint density at radius 2 is 1.68 bits per heavy atom. The van der Waals surface area contributed by atoms with Gasteiger partial charge in [0, 0.05) is 39.3 Å². The van der Waals surface area contributed by atoms with Crippen LogP contribution >= 0.6 is 11.3 Å². The van der Waals surface area contributed by atoms with Crippen LogP contribution in [0.2, 0.25) is 0 Å². The van der Waals surface area contributed by atoms with Crippen LogP contribution in [0, 0.1) is 0 Å². The molecule has 1 aromatic carbocycles. The number of rotatable bonds is 8. The van der Waals surface area contributed by atoms with Crippen LogP contribution in [0.25, 0.3) is 0 Å². The van der Waals surface area contributed by atoms with E-state index in [1.54, 1.807) is 0 Å². The van der Waals surface area contributed by atoms with E-state index in [1.807, 2.05) is 50.4 Å². The molecular formula is C21H27N3O3S. The molecule has 7 heteroatoms. The topological polar surface area (TPSA) is 64.1 Å². The van der Waals surface area contributed by atoms with Gasteiger partial charge in [-0.15, -0.1) is 11.3 Å². The lowest BCUT2D eigenvalue weighted by molar-refractivity contribution is -0.134. The highest BCUT2D eigenvalue weighted by atomic mass is 32.1. The molecule has 150 valence electrons. The van der Waals surface area contributed by atoms with Crippen LogP contribution in [0.5, 0.6) is 0 Å². The van der Waals surface area contributed by atoms with Crippen LogP contribution in [0.4, 0.5) is 0 Å². The van der Waals surface area contributed by atoms with Gasteiger partial charge in [-0.3, -0.25) is 14.5 Å². The van der Waals surface area contributed by atoms with E-state index in [2.05, 4.69) is 12.1 Å². The molecule has 1 aromatic heterocycles. The maximum atomic E-state index is 12.7. The van der Waals surface area contributed by atoms with Gasteiger partial charge in [-0.2, -0.15) is 0 Å². The third kappa shape index (κ3) is 5.64. The van der Waals surface area contributed by atoms with E-state index in [1.165, 1.54) is 16.9 Å². The smallest absolute Gasteiger partial charge is 0.264 e. The molecule has 2 aromatic rings. The van der Waals surface area contributed by atoms with Crippen molar-refractivity contribution in [1.29, 1.82) is 0 Å². The van der Waals surface area contributed by atoms with E-state index >= 15 is 0 Å². The highest BCUT2D eigenvalue weighted by Crippen LogP contribution is 2.14. The second-order valence-corrected chi connectivity index (χ2v) is 7.83. The summed E-state index contributed by atoms with van der Waals surface area (Å²) < 4.78 is 0. The van der Waals surface area contributed by atoms with Crippen molar-refractivity contribution in [3.63, 3.8) is 0 Å². The van der Waals surface area contributed by atoms with Crippen molar-refractivity contribution < 1.29 is 14.7 Å². The summed E-state index contributed by atoms with van der Waals surface area (Å²) in [5.41, 5.74) is 1.22. The van der Waals surface area contributed by atoms with Crippen LogP contribution in [-0.4, -0.2) is 84.0 Å². The zero-order valence-corrected chi connectivity index (χ0v) is 16.8. The molecule has 0 atom stereocenters. The minimum atomic E-state index is 0.0329. The maximum absolute atomic E-state index is 12.7. The molecule has 1 aliphatic heterocycles. The quantitative estimate of drug-likeness (QED) is 0.729. The fraction of sp³-hybridized carbons (Fsp3) is 0.429. The third-order valence-electron chi connectivity index (χ3n) is 4.99. The second kappa shape index (κ2) is 10.4. The molecule has 1 saturated heterocycles. The van der Waals surface area contributed by atoms with Crippen LogP contribution < -0.4 is 0 Å². The van der Waals surface area contributed by atoms with Gasteiger partial charge in [0.25, 0.3) is 5.91 Å². The number of nitrogens with zero attached hydrogens (tertiary/aromatic N) is 3. The maximum Gasteiger partial charge on any atom is 0.264 e. The minimum Gasteiger partial charge on any atom is -0.395 e. The number of carbonyl (C=O) groups excluding carboxylic acids is 2. The monoisotopic (exact) mass is 401 g/mol. The Labute approximate surface area is 170 Å². The average molecular weight is 402 g/mol. The molecule has 1 N–H and O–H groups in total. The average Bonchev–Trinajstić information content (AvgIpc) is 3.27. The summed E-state index contributed by atoms with van der Waals surface area (Å²) in [7, 11) is 0. The first-order valence-electron chi connectivity index (χ1n) is 9.65. The van der Waals surface area contributed by atoms with Gasteiger partial charge in [-0.1, -0.05) is 36.4 Å². The van der Waals surface area contributed by atoms with Crippen LogP contribution in [-0.2, 0) is 11.2 Å². The second-order valence-electron chi connectivity index (χ2n) is 6.89. The number of thiophene rings is 1. The lowest BCUT2D eigenvalue weighted by Gasteiger charge is -2.35. The number of hydrogen-bond donors (Lipinski definition) is 1. The molecule has 3 rings (SSSR count). The molecule has 2 amide bonds. The highest BCUT2D eigenvalue weighted by molar-refractivity contribution is 7.12. The van der Waals surface area contributed by atoms with Crippen molar-refractivity contribution in [1.82, 2.24) is 14.7 Å². The predicted molar refractivity (Wildman–Crippen MR) is 110 cm³/mol. The molecule has 2 heterocycles. The van der Waals surface area contributed by atoms with E-state index < -0.39 is 0 Å². The number of aliphatic hydroxyl groups is 1. The molecular weight excluding hydrogens is 374 g/mol. The normalized spacial score (nSPS) is 14.5. The molecule has 0 spiro atoms. The van der Waals surface area contributed by atoms with Gasteiger partial charge in [0.05, 0.1) is 18.0 Å². The Kier molecular flexibility index (Phi) is 7.59. The van der Waals surface area contributed by atoms with Gasteiger partial charge >= 0.3 is 0 Å². The van der Waals surface area contributed by atoms with Gasteiger partial charge in [-0.05, 0) is 23.4 Å². The van der Waals surface area contributed by atoms with E-state index in [0.717, 1.165) is 17.8 Å². The molecule has 1 aliphatic rings. The Bertz CT molecular complexity index is 744. The van der Waals surface area contributed by atoms with Gasteiger partial charge < -0.3 is 14.9 Å². The van der Waals surface area contributed by atoms with E-state index in [9.17, 15) is 14.7 Å². The summed E-state index contributed by atoms with van der Waals surface area (Å²) in [5, 5.41) is 11.2. The summed E-state index contributed by atoms with van der Waals surface area (Å²) in [6.07, 6.45) is 0.844. The Morgan fingerprint density at radius 1 is 0.964 bits per heavy atom. The van der Waals surface area contributed by atoms with Crippen LogP contribution in [0.1, 0.15) is 15.2 Å².